The number of benzene rings is 1. The van der Waals surface area contributed by atoms with Gasteiger partial charge in [0.15, 0.2) is 0 Å². The van der Waals surface area contributed by atoms with Crippen LogP contribution in [0.3, 0.4) is 0 Å². The Hall–Kier alpha value is -1.55. The molecular formula is C17H27NO3. The molecule has 0 spiro atoms. The van der Waals surface area contributed by atoms with E-state index < -0.39 is 5.60 Å². The smallest absolute Gasteiger partial charge is 0.223 e. The topological polar surface area (TPSA) is 58.6 Å². The number of carbonyl (C=O) groups is 1. The molecule has 1 aromatic carbocycles. The zero-order valence-electron chi connectivity index (χ0n) is 13.5. The number of carbonyl (C=O) groups excluding carboxylic acids is 1. The normalized spacial score (nSPS) is 13.6. The molecule has 1 atom stereocenters. The number of ether oxygens (including phenoxy) is 1. The fourth-order valence-corrected chi connectivity index (χ4v) is 2.28. The van der Waals surface area contributed by atoms with Crippen LogP contribution in [0.5, 0.6) is 5.75 Å². The summed E-state index contributed by atoms with van der Waals surface area (Å²) in [5, 5.41) is 12.7. The Balaban J connectivity index is 2.30. The lowest BCUT2D eigenvalue weighted by atomic mass is 10.0. The van der Waals surface area contributed by atoms with Crippen LogP contribution >= 0.6 is 0 Å². The summed E-state index contributed by atoms with van der Waals surface area (Å²) in [5.74, 6) is 0.689. The summed E-state index contributed by atoms with van der Waals surface area (Å²) >= 11 is 0. The maximum Gasteiger partial charge on any atom is 0.223 e. The first-order valence-corrected chi connectivity index (χ1v) is 7.52. The van der Waals surface area contributed by atoms with Crippen molar-refractivity contribution in [3.8, 4) is 5.75 Å². The van der Waals surface area contributed by atoms with E-state index in [2.05, 4.69) is 11.4 Å². The van der Waals surface area contributed by atoms with E-state index >= 15 is 0 Å². The van der Waals surface area contributed by atoms with E-state index in [9.17, 15) is 9.90 Å². The van der Waals surface area contributed by atoms with Gasteiger partial charge in [-0.05, 0) is 50.5 Å². The van der Waals surface area contributed by atoms with Crippen LogP contribution in [0.4, 0.5) is 0 Å². The van der Waals surface area contributed by atoms with Crippen LogP contribution in [0.25, 0.3) is 0 Å². The standard InChI is InChI=1S/C17H27NO3/c1-5-7-17(4,20)12-18-16(19)6-8-21-15-10-13(2)9-14(3)11-15/h9-11,20H,5-8,12H2,1-4H3,(H,18,19). The van der Waals surface area contributed by atoms with Gasteiger partial charge in [-0.1, -0.05) is 19.4 Å². The van der Waals surface area contributed by atoms with Crippen molar-refractivity contribution in [1.29, 1.82) is 0 Å². The monoisotopic (exact) mass is 293 g/mol. The second-order valence-electron chi connectivity index (χ2n) is 5.95. The first-order valence-electron chi connectivity index (χ1n) is 7.52. The van der Waals surface area contributed by atoms with E-state index in [4.69, 9.17) is 4.74 Å². The molecule has 4 nitrogen and oxygen atoms in total. The number of nitrogens with one attached hydrogen (secondary N) is 1. The summed E-state index contributed by atoms with van der Waals surface area (Å²) < 4.78 is 5.59. The largest absolute Gasteiger partial charge is 0.493 e. The quantitative estimate of drug-likeness (QED) is 0.775. The number of hydrogen-bond donors (Lipinski definition) is 2. The minimum Gasteiger partial charge on any atom is -0.493 e. The molecule has 4 heteroatoms. The molecule has 0 aliphatic rings. The van der Waals surface area contributed by atoms with Crippen LogP contribution in [0.2, 0.25) is 0 Å². The van der Waals surface area contributed by atoms with Gasteiger partial charge in [-0.25, -0.2) is 0 Å². The minimum atomic E-state index is -0.834. The van der Waals surface area contributed by atoms with Gasteiger partial charge in [0, 0.05) is 6.54 Å². The third kappa shape index (κ3) is 7.14. The summed E-state index contributed by atoms with van der Waals surface area (Å²) in [5.41, 5.74) is 1.45. The predicted molar refractivity (Wildman–Crippen MR) is 84.6 cm³/mol. The summed E-state index contributed by atoms with van der Waals surface area (Å²) in [6.07, 6.45) is 1.85. The maximum atomic E-state index is 11.7. The second kappa shape index (κ2) is 8.03. The number of amides is 1. The van der Waals surface area contributed by atoms with Gasteiger partial charge in [0.25, 0.3) is 0 Å². The van der Waals surface area contributed by atoms with Gasteiger partial charge in [0.1, 0.15) is 5.75 Å². The van der Waals surface area contributed by atoms with Gasteiger partial charge in [-0.3, -0.25) is 4.79 Å². The van der Waals surface area contributed by atoms with E-state index in [-0.39, 0.29) is 18.9 Å². The third-order valence-corrected chi connectivity index (χ3v) is 3.25. The molecule has 0 saturated heterocycles. The molecule has 0 aliphatic carbocycles. The molecule has 0 heterocycles. The van der Waals surface area contributed by atoms with Gasteiger partial charge in [0.2, 0.25) is 5.91 Å². The van der Waals surface area contributed by atoms with Crippen molar-refractivity contribution < 1.29 is 14.6 Å². The van der Waals surface area contributed by atoms with E-state index in [0.29, 0.717) is 13.0 Å². The van der Waals surface area contributed by atoms with Gasteiger partial charge < -0.3 is 15.2 Å². The Morgan fingerprint density at radius 1 is 1.29 bits per heavy atom. The predicted octanol–water partition coefficient (Wildman–Crippen LogP) is 2.74. The number of hydrogen-bond acceptors (Lipinski definition) is 3. The summed E-state index contributed by atoms with van der Waals surface area (Å²) in [7, 11) is 0. The lowest BCUT2D eigenvalue weighted by molar-refractivity contribution is -0.122. The van der Waals surface area contributed by atoms with E-state index in [1.54, 1.807) is 6.92 Å². The highest BCUT2D eigenvalue weighted by atomic mass is 16.5. The molecule has 0 aliphatic heterocycles. The Bertz CT molecular complexity index is 449. The summed E-state index contributed by atoms with van der Waals surface area (Å²) in [6.45, 7) is 8.40. The van der Waals surface area contributed by atoms with E-state index in [0.717, 1.165) is 23.3 Å². The highest BCUT2D eigenvalue weighted by Crippen LogP contribution is 2.16. The molecule has 0 aromatic heterocycles. The second-order valence-corrected chi connectivity index (χ2v) is 5.95. The highest BCUT2D eigenvalue weighted by Gasteiger charge is 2.19. The Labute approximate surface area is 127 Å². The van der Waals surface area contributed by atoms with Crippen molar-refractivity contribution in [2.24, 2.45) is 0 Å². The van der Waals surface area contributed by atoms with Crippen molar-refractivity contribution in [2.75, 3.05) is 13.2 Å². The van der Waals surface area contributed by atoms with Crippen LogP contribution in [0.15, 0.2) is 18.2 Å². The number of aliphatic hydroxyl groups is 1. The molecule has 1 amide bonds. The fraction of sp³-hybridized carbons (Fsp3) is 0.588. The van der Waals surface area contributed by atoms with Crippen molar-refractivity contribution in [2.45, 2.75) is 52.6 Å². The molecule has 1 rings (SSSR count). The summed E-state index contributed by atoms with van der Waals surface area (Å²) in [6, 6.07) is 5.99. The highest BCUT2D eigenvalue weighted by molar-refractivity contribution is 5.76. The first-order chi connectivity index (χ1) is 9.82. The minimum absolute atomic E-state index is 0.101. The van der Waals surface area contributed by atoms with E-state index in [1.165, 1.54) is 0 Å². The molecule has 21 heavy (non-hydrogen) atoms. The Morgan fingerprint density at radius 3 is 2.48 bits per heavy atom. The van der Waals surface area contributed by atoms with Gasteiger partial charge in [-0.15, -0.1) is 0 Å². The maximum absolute atomic E-state index is 11.7. The van der Waals surface area contributed by atoms with Gasteiger partial charge in [-0.2, -0.15) is 0 Å². The van der Waals surface area contributed by atoms with Crippen molar-refractivity contribution >= 4 is 5.91 Å². The van der Waals surface area contributed by atoms with Crippen LogP contribution in [0.1, 0.15) is 44.2 Å². The third-order valence-electron chi connectivity index (χ3n) is 3.25. The average Bonchev–Trinajstić information content (AvgIpc) is 2.35. The van der Waals surface area contributed by atoms with Crippen LogP contribution in [-0.2, 0) is 4.79 Å². The molecule has 1 aromatic rings. The lowest BCUT2D eigenvalue weighted by Gasteiger charge is -2.22. The molecule has 0 bridgehead atoms. The lowest BCUT2D eigenvalue weighted by Crippen LogP contribution is -2.40. The molecule has 2 N–H and O–H groups in total. The van der Waals surface area contributed by atoms with E-state index in [1.807, 2.05) is 32.9 Å². The average molecular weight is 293 g/mol. The van der Waals surface area contributed by atoms with Crippen LogP contribution in [0, 0.1) is 13.8 Å². The summed E-state index contributed by atoms with van der Waals surface area (Å²) in [4.78, 5) is 11.7. The molecule has 0 radical (unpaired) electrons. The zero-order valence-corrected chi connectivity index (χ0v) is 13.5. The van der Waals surface area contributed by atoms with Crippen LogP contribution < -0.4 is 10.1 Å². The molecular weight excluding hydrogens is 266 g/mol. The molecule has 0 saturated carbocycles. The molecule has 1 unspecified atom stereocenters. The molecule has 0 fully saturated rings. The SMILES string of the molecule is CCCC(C)(O)CNC(=O)CCOc1cc(C)cc(C)c1. The zero-order chi connectivity index (χ0) is 15.9. The van der Waals surface area contributed by atoms with Gasteiger partial charge in [0.05, 0.1) is 18.6 Å². The van der Waals surface area contributed by atoms with Gasteiger partial charge >= 0.3 is 0 Å². The van der Waals surface area contributed by atoms with Crippen LogP contribution in [-0.4, -0.2) is 29.8 Å². The first kappa shape index (κ1) is 17.5. The van der Waals surface area contributed by atoms with Crippen molar-refractivity contribution in [3.05, 3.63) is 29.3 Å². The van der Waals surface area contributed by atoms with Crippen molar-refractivity contribution in [1.82, 2.24) is 5.32 Å². The number of aryl methyl sites for hydroxylation is 2. The Kier molecular flexibility index (Phi) is 6.69. The van der Waals surface area contributed by atoms with Crippen molar-refractivity contribution in [3.63, 3.8) is 0 Å². The molecule has 118 valence electrons. The Morgan fingerprint density at radius 2 is 1.90 bits per heavy atom. The number of rotatable bonds is 8. The fourth-order valence-electron chi connectivity index (χ4n) is 2.28.